The minimum Gasteiger partial charge on any atom is -0.506 e. The Bertz CT molecular complexity index is 2120. The highest BCUT2D eigenvalue weighted by Gasteiger charge is 2.40. The van der Waals surface area contributed by atoms with Crippen LogP contribution in [0.3, 0.4) is 0 Å². The number of pyridine rings is 1. The van der Waals surface area contributed by atoms with Crippen LogP contribution in [0.5, 0.6) is 5.75 Å². The second kappa shape index (κ2) is 18.5. The second-order valence-corrected chi connectivity index (χ2v) is 15.6. The third-order valence-corrected chi connectivity index (χ3v) is 11.7. The number of anilines is 1. The first-order valence-corrected chi connectivity index (χ1v) is 20.2. The fraction of sp³-hybridized carbons (Fsp3) is 0.429. The summed E-state index contributed by atoms with van der Waals surface area (Å²) in [6.45, 7) is 7.24. The number of carbonyl (C=O) groups excluding carboxylic acids is 1. The molecule has 0 unspecified atom stereocenters. The van der Waals surface area contributed by atoms with Gasteiger partial charge in [-0.05, 0) is 65.6 Å². The van der Waals surface area contributed by atoms with Crippen molar-refractivity contribution in [2.45, 2.75) is 43.9 Å². The lowest BCUT2D eigenvalue weighted by Crippen LogP contribution is -2.57. The quantitative estimate of drug-likeness (QED) is 0.106. The van der Waals surface area contributed by atoms with Crippen molar-refractivity contribution < 1.29 is 24.5 Å². The van der Waals surface area contributed by atoms with E-state index in [1.165, 1.54) is 23.3 Å². The number of rotatable bonds is 16. The molecule has 14 heteroatoms. The predicted octanol–water partition coefficient (Wildman–Crippen LogP) is 4.35. The molecule has 2 saturated heterocycles. The molecule has 0 bridgehead atoms. The molecule has 2 aliphatic heterocycles. The van der Waals surface area contributed by atoms with Gasteiger partial charge in [-0.1, -0.05) is 36.4 Å². The van der Waals surface area contributed by atoms with Gasteiger partial charge in [-0.3, -0.25) is 14.5 Å². The van der Waals surface area contributed by atoms with E-state index in [4.69, 9.17) is 14.5 Å². The number of nitrogens with zero attached hydrogens (tertiary/aromatic N) is 5. The van der Waals surface area contributed by atoms with Crippen molar-refractivity contribution in [1.29, 1.82) is 0 Å². The van der Waals surface area contributed by atoms with Gasteiger partial charge in [0.05, 0.1) is 60.6 Å². The van der Waals surface area contributed by atoms with Crippen LogP contribution in [0.25, 0.3) is 21.5 Å². The summed E-state index contributed by atoms with van der Waals surface area (Å²) in [5.74, 6) is 0.724. The number of aromatic hydroxyl groups is 1. The zero-order chi connectivity index (χ0) is 38.9. The molecule has 0 radical (unpaired) electrons. The van der Waals surface area contributed by atoms with Crippen LogP contribution in [0.15, 0.2) is 83.1 Å². The molecule has 56 heavy (non-hydrogen) atoms. The largest absolute Gasteiger partial charge is 0.506 e. The first kappa shape index (κ1) is 39.5. The number of hydrogen-bond donors (Lipinski definition) is 4. The summed E-state index contributed by atoms with van der Waals surface area (Å²) < 4.78 is 12.3. The van der Waals surface area contributed by atoms with Crippen LogP contribution in [0.2, 0.25) is 0 Å². The number of ether oxygens (including phenoxy) is 2. The molecule has 0 saturated carbocycles. The standard InChI is InChI=1S/C42H51N7O6S/c1-47(20-17-43-27-36(51)32-7-9-35(50)40-33(32)8-10-38(52)46-40)39(53)13-23-54-22-12-30-4-2-5-31(26-30)28-48-18-14-42(15-19-48)29-49(21-24-55-42)41-44-16-11-34(45-41)37-6-3-25-56-37/h2-11,16,25-26,36,43,50-51H,12-15,17-24,27-29H2,1H3,(H,46,52)/t36-/m0/s1. The molecule has 296 valence electrons. The van der Waals surface area contributed by atoms with Gasteiger partial charge in [0.1, 0.15) is 5.75 Å². The number of thiophene rings is 1. The number of piperidine rings is 1. The normalized spacial score (nSPS) is 16.4. The Morgan fingerprint density at radius 3 is 2.79 bits per heavy atom. The minimum absolute atomic E-state index is 0.00541. The van der Waals surface area contributed by atoms with Crippen LogP contribution in [0.1, 0.15) is 42.1 Å². The minimum atomic E-state index is -0.859. The number of H-pyrrole nitrogens is 1. The van der Waals surface area contributed by atoms with Crippen LogP contribution in [0, 0.1) is 0 Å². The lowest BCUT2D eigenvalue weighted by molar-refractivity contribution is -0.131. The molecule has 5 aromatic rings. The Kier molecular flexibility index (Phi) is 13.1. The van der Waals surface area contributed by atoms with E-state index in [-0.39, 0.29) is 29.4 Å². The first-order valence-electron chi connectivity index (χ1n) is 19.4. The number of phenols is 1. The molecule has 2 aliphatic rings. The summed E-state index contributed by atoms with van der Waals surface area (Å²) >= 11 is 1.69. The third-order valence-electron chi connectivity index (χ3n) is 10.8. The van der Waals surface area contributed by atoms with E-state index in [0.717, 1.165) is 68.5 Å². The van der Waals surface area contributed by atoms with Crippen molar-refractivity contribution in [1.82, 2.24) is 30.1 Å². The van der Waals surface area contributed by atoms with E-state index in [0.29, 0.717) is 55.8 Å². The Labute approximate surface area is 330 Å². The molecule has 5 heterocycles. The summed E-state index contributed by atoms with van der Waals surface area (Å²) in [7, 11) is 1.76. The van der Waals surface area contributed by atoms with Crippen molar-refractivity contribution >= 4 is 34.1 Å². The third kappa shape index (κ3) is 9.99. The van der Waals surface area contributed by atoms with Gasteiger partial charge >= 0.3 is 0 Å². The number of aromatic amines is 1. The van der Waals surface area contributed by atoms with Crippen LogP contribution >= 0.6 is 11.3 Å². The van der Waals surface area contributed by atoms with E-state index in [1.54, 1.807) is 35.4 Å². The monoisotopic (exact) mass is 781 g/mol. The molecule has 13 nitrogen and oxygen atoms in total. The maximum atomic E-state index is 12.7. The Hall–Kier alpha value is -4.70. The molecule has 3 aromatic heterocycles. The van der Waals surface area contributed by atoms with E-state index in [2.05, 4.69) is 60.8 Å². The molecule has 0 aliphatic carbocycles. The molecule has 1 atom stereocenters. The van der Waals surface area contributed by atoms with Gasteiger partial charge in [0, 0.05) is 70.5 Å². The van der Waals surface area contributed by atoms with Crippen LogP contribution in [-0.2, 0) is 27.2 Å². The van der Waals surface area contributed by atoms with E-state index < -0.39 is 6.10 Å². The number of likely N-dealkylation sites (tertiary alicyclic amines) is 1. The van der Waals surface area contributed by atoms with Gasteiger partial charge in [-0.15, -0.1) is 11.3 Å². The smallest absolute Gasteiger partial charge is 0.248 e. The number of amides is 1. The predicted molar refractivity (Wildman–Crippen MR) is 218 cm³/mol. The van der Waals surface area contributed by atoms with E-state index in [9.17, 15) is 19.8 Å². The summed E-state index contributed by atoms with van der Waals surface area (Å²) in [5.41, 5.74) is 3.86. The molecule has 4 N–H and O–H groups in total. The number of carbonyl (C=O) groups is 1. The number of likely N-dealkylation sites (N-methyl/N-ethyl adjacent to an activating group) is 1. The lowest BCUT2D eigenvalue weighted by atomic mass is 9.89. The van der Waals surface area contributed by atoms with Crippen molar-refractivity contribution in [3.05, 3.63) is 105 Å². The van der Waals surface area contributed by atoms with Gasteiger partial charge in [0.15, 0.2) is 0 Å². The summed E-state index contributed by atoms with van der Waals surface area (Å²) in [6.07, 6.45) is 4.01. The Morgan fingerprint density at radius 2 is 1.95 bits per heavy atom. The summed E-state index contributed by atoms with van der Waals surface area (Å²) in [5, 5.41) is 26.7. The van der Waals surface area contributed by atoms with Crippen molar-refractivity contribution in [3.8, 4) is 16.3 Å². The fourth-order valence-electron chi connectivity index (χ4n) is 7.55. The maximum Gasteiger partial charge on any atom is 0.248 e. The Balaban J connectivity index is 0.779. The average Bonchev–Trinajstić information content (AvgIpc) is 3.76. The number of aromatic nitrogens is 3. The molecular weight excluding hydrogens is 731 g/mol. The number of fused-ring (bicyclic) bond motifs is 1. The van der Waals surface area contributed by atoms with Crippen molar-refractivity contribution in [2.75, 3.05) is 77.6 Å². The fourth-order valence-corrected chi connectivity index (χ4v) is 8.25. The number of morpholine rings is 1. The topological polar surface area (TPSA) is 156 Å². The molecule has 1 spiro atoms. The maximum absolute atomic E-state index is 12.7. The SMILES string of the molecule is CN(CCNC[C@H](O)c1ccc(O)c2[nH]c(=O)ccc12)C(=O)CCOCCc1cccc(CN2CCC3(CC2)CN(c2nccc(-c4cccs4)n2)CCO3)c1. The highest BCUT2D eigenvalue weighted by molar-refractivity contribution is 7.13. The van der Waals surface area contributed by atoms with Gasteiger partial charge in [0.2, 0.25) is 17.4 Å². The summed E-state index contributed by atoms with van der Waals surface area (Å²) in [6, 6.07) is 20.9. The summed E-state index contributed by atoms with van der Waals surface area (Å²) in [4.78, 5) is 44.1. The number of benzene rings is 2. The highest BCUT2D eigenvalue weighted by atomic mass is 32.1. The molecule has 2 fully saturated rings. The number of hydrogen-bond acceptors (Lipinski definition) is 12. The number of phenolic OH excluding ortho intramolecular Hbond substituents is 1. The van der Waals surface area contributed by atoms with Gasteiger partial charge in [-0.2, -0.15) is 0 Å². The van der Waals surface area contributed by atoms with Crippen LogP contribution in [-0.4, -0.2) is 119 Å². The molecule has 7 rings (SSSR count). The highest BCUT2D eigenvalue weighted by Crippen LogP contribution is 2.33. The number of nitrogens with one attached hydrogen (secondary N) is 2. The van der Waals surface area contributed by atoms with E-state index in [1.807, 2.05) is 18.3 Å². The zero-order valence-corrected chi connectivity index (χ0v) is 32.7. The lowest BCUT2D eigenvalue weighted by Gasteiger charge is -2.47. The van der Waals surface area contributed by atoms with Crippen molar-refractivity contribution in [3.63, 3.8) is 0 Å². The first-order chi connectivity index (χ1) is 27.2. The van der Waals surface area contributed by atoms with Gasteiger partial charge in [0.25, 0.3) is 0 Å². The Morgan fingerprint density at radius 1 is 1.09 bits per heavy atom. The van der Waals surface area contributed by atoms with Crippen LogP contribution < -0.4 is 15.8 Å². The molecule has 2 aromatic carbocycles. The van der Waals surface area contributed by atoms with E-state index >= 15 is 0 Å². The number of aliphatic hydroxyl groups excluding tert-OH is 1. The number of aliphatic hydroxyl groups is 1. The van der Waals surface area contributed by atoms with Crippen molar-refractivity contribution in [2.24, 2.45) is 0 Å². The average molecular weight is 782 g/mol. The van der Waals surface area contributed by atoms with Gasteiger partial charge < -0.3 is 39.8 Å². The van der Waals surface area contributed by atoms with Gasteiger partial charge in [-0.25, -0.2) is 9.97 Å². The van der Waals surface area contributed by atoms with Crippen LogP contribution in [0.4, 0.5) is 5.95 Å². The second-order valence-electron chi connectivity index (χ2n) is 14.7. The zero-order valence-electron chi connectivity index (χ0n) is 31.9. The molecule has 1 amide bonds. The molecular formula is C42H51N7O6S.